The second kappa shape index (κ2) is 11.5. The van der Waals surface area contributed by atoms with Crippen molar-refractivity contribution in [1.29, 1.82) is 0 Å². The van der Waals surface area contributed by atoms with E-state index in [2.05, 4.69) is 0 Å². The number of ether oxygens (including phenoxy) is 6. The van der Waals surface area contributed by atoms with Gasteiger partial charge in [-0.3, -0.25) is 0 Å². The van der Waals surface area contributed by atoms with Crippen LogP contribution in [0.15, 0.2) is 42.5 Å². The molecule has 0 aromatic heterocycles. The van der Waals surface area contributed by atoms with Crippen LogP contribution in [0.5, 0.6) is 28.7 Å². The first-order valence-electron chi connectivity index (χ1n) is 9.11. The standard InChI is InChI=1S/C22H26O7/c1-5-27-17-7-9-18(10-8-17)28-12-13-29-21(23)11-6-16-14-19(24-2)22(26-4)20(15-16)25-3/h6-11,14-15H,5,12-13H2,1-4H3/b11-6+. The summed E-state index contributed by atoms with van der Waals surface area (Å²) in [4.78, 5) is 11.9. The van der Waals surface area contributed by atoms with Gasteiger partial charge >= 0.3 is 5.97 Å². The van der Waals surface area contributed by atoms with E-state index in [1.54, 1.807) is 30.3 Å². The second-order valence-corrected chi connectivity index (χ2v) is 5.71. The van der Waals surface area contributed by atoms with Crippen molar-refractivity contribution in [1.82, 2.24) is 0 Å². The summed E-state index contributed by atoms with van der Waals surface area (Å²) in [6, 6.07) is 10.7. The molecule has 0 aliphatic heterocycles. The zero-order valence-corrected chi connectivity index (χ0v) is 17.1. The van der Waals surface area contributed by atoms with Gasteiger partial charge in [-0.15, -0.1) is 0 Å². The molecule has 0 fully saturated rings. The van der Waals surface area contributed by atoms with E-state index >= 15 is 0 Å². The Balaban J connectivity index is 1.83. The van der Waals surface area contributed by atoms with Crippen LogP contribution in [0.1, 0.15) is 12.5 Å². The average Bonchev–Trinajstić information content (AvgIpc) is 2.75. The Kier molecular flexibility index (Phi) is 8.69. The molecule has 156 valence electrons. The van der Waals surface area contributed by atoms with Crippen molar-refractivity contribution in [3.05, 3.63) is 48.0 Å². The molecule has 0 heterocycles. The summed E-state index contributed by atoms with van der Waals surface area (Å²) in [5.41, 5.74) is 0.710. The summed E-state index contributed by atoms with van der Waals surface area (Å²) in [6.07, 6.45) is 2.94. The molecule has 0 saturated carbocycles. The van der Waals surface area contributed by atoms with Crippen LogP contribution >= 0.6 is 0 Å². The summed E-state index contributed by atoms with van der Waals surface area (Å²) in [6.45, 7) is 2.91. The molecule has 2 aromatic rings. The minimum Gasteiger partial charge on any atom is -0.494 e. The number of carbonyl (C=O) groups is 1. The van der Waals surface area contributed by atoms with Crippen LogP contribution in [0.3, 0.4) is 0 Å². The summed E-state index contributed by atoms with van der Waals surface area (Å²) in [5.74, 6) is 2.48. The molecule has 29 heavy (non-hydrogen) atoms. The average molecular weight is 402 g/mol. The number of carbonyl (C=O) groups excluding carboxylic acids is 1. The molecule has 0 saturated heterocycles. The monoisotopic (exact) mass is 402 g/mol. The van der Waals surface area contributed by atoms with Crippen molar-refractivity contribution in [3.8, 4) is 28.7 Å². The lowest BCUT2D eigenvalue weighted by molar-refractivity contribution is -0.138. The first kappa shape index (κ1) is 21.9. The first-order chi connectivity index (χ1) is 14.1. The highest BCUT2D eigenvalue weighted by atomic mass is 16.6. The predicted molar refractivity (Wildman–Crippen MR) is 109 cm³/mol. The molecule has 0 aliphatic carbocycles. The van der Waals surface area contributed by atoms with Gasteiger partial charge in [0.25, 0.3) is 0 Å². The lowest BCUT2D eigenvalue weighted by Crippen LogP contribution is -2.10. The zero-order valence-electron chi connectivity index (χ0n) is 17.1. The summed E-state index contributed by atoms with van der Waals surface area (Å²) < 4.78 is 31.9. The number of hydrogen-bond acceptors (Lipinski definition) is 7. The van der Waals surface area contributed by atoms with Crippen molar-refractivity contribution < 1.29 is 33.2 Å². The van der Waals surface area contributed by atoms with Crippen molar-refractivity contribution in [3.63, 3.8) is 0 Å². The molecule has 2 rings (SSSR count). The normalized spacial score (nSPS) is 10.5. The van der Waals surface area contributed by atoms with Gasteiger partial charge in [-0.25, -0.2) is 4.79 Å². The van der Waals surface area contributed by atoms with Gasteiger partial charge in [-0.1, -0.05) is 0 Å². The number of methoxy groups -OCH3 is 3. The highest BCUT2D eigenvalue weighted by molar-refractivity contribution is 5.87. The predicted octanol–water partition coefficient (Wildman–Crippen LogP) is 3.75. The molecule has 0 unspecified atom stereocenters. The molecule has 0 radical (unpaired) electrons. The van der Waals surface area contributed by atoms with Gasteiger partial charge in [0.2, 0.25) is 5.75 Å². The summed E-state index contributed by atoms with van der Waals surface area (Å²) in [5, 5.41) is 0. The van der Waals surface area contributed by atoms with Crippen LogP contribution in [-0.4, -0.2) is 47.1 Å². The lowest BCUT2D eigenvalue weighted by atomic mass is 10.1. The first-order valence-corrected chi connectivity index (χ1v) is 9.11. The maximum atomic E-state index is 11.9. The van der Waals surface area contributed by atoms with Crippen LogP contribution in [-0.2, 0) is 9.53 Å². The zero-order chi connectivity index (χ0) is 21.1. The molecule has 0 spiro atoms. The van der Waals surface area contributed by atoms with Crippen molar-refractivity contribution >= 4 is 12.0 Å². The summed E-state index contributed by atoms with van der Waals surface area (Å²) in [7, 11) is 4.59. The Bertz CT molecular complexity index is 787. The van der Waals surface area contributed by atoms with Gasteiger partial charge in [0.05, 0.1) is 27.9 Å². The van der Waals surface area contributed by atoms with Crippen LogP contribution < -0.4 is 23.7 Å². The second-order valence-electron chi connectivity index (χ2n) is 5.71. The SMILES string of the molecule is CCOc1ccc(OCCOC(=O)/C=C/c2cc(OC)c(OC)c(OC)c2)cc1. The van der Waals surface area contributed by atoms with Gasteiger partial charge in [0, 0.05) is 6.08 Å². The van der Waals surface area contributed by atoms with E-state index in [0.29, 0.717) is 35.2 Å². The fourth-order valence-corrected chi connectivity index (χ4v) is 2.51. The molecule has 0 atom stereocenters. The molecule has 0 aliphatic rings. The minimum absolute atomic E-state index is 0.131. The maximum absolute atomic E-state index is 11.9. The van der Waals surface area contributed by atoms with E-state index in [4.69, 9.17) is 28.4 Å². The van der Waals surface area contributed by atoms with Gasteiger partial charge in [-0.05, 0) is 55.0 Å². The highest BCUT2D eigenvalue weighted by Gasteiger charge is 2.12. The van der Waals surface area contributed by atoms with Gasteiger partial charge in [-0.2, -0.15) is 0 Å². The molecule has 0 amide bonds. The molecule has 7 nitrogen and oxygen atoms in total. The van der Waals surface area contributed by atoms with Gasteiger partial charge in [0.15, 0.2) is 11.5 Å². The largest absolute Gasteiger partial charge is 0.494 e. The van der Waals surface area contributed by atoms with Crippen molar-refractivity contribution in [2.75, 3.05) is 41.2 Å². The van der Waals surface area contributed by atoms with Crippen LogP contribution in [0, 0.1) is 0 Å². The molecule has 0 bridgehead atoms. The van der Waals surface area contributed by atoms with Crippen LogP contribution in [0.4, 0.5) is 0 Å². The Morgan fingerprint density at radius 1 is 0.862 bits per heavy atom. The van der Waals surface area contributed by atoms with Crippen molar-refractivity contribution in [2.24, 2.45) is 0 Å². The van der Waals surface area contributed by atoms with E-state index in [0.717, 1.165) is 5.75 Å². The molecular formula is C22H26O7. The number of rotatable bonds is 11. The smallest absolute Gasteiger partial charge is 0.330 e. The van der Waals surface area contributed by atoms with E-state index in [-0.39, 0.29) is 13.2 Å². The Labute approximate surface area is 170 Å². The fourth-order valence-electron chi connectivity index (χ4n) is 2.51. The third-order valence-corrected chi connectivity index (χ3v) is 3.83. The van der Waals surface area contributed by atoms with Crippen molar-refractivity contribution in [2.45, 2.75) is 6.92 Å². The quantitative estimate of drug-likeness (QED) is 0.322. The minimum atomic E-state index is -0.478. The van der Waals surface area contributed by atoms with Crippen LogP contribution in [0.2, 0.25) is 0 Å². The number of hydrogen-bond donors (Lipinski definition) is 0. The van der Waals surface area contributed by atoms with E-state index in [1.807, 2.05) is 19.1 Å². The summed E-state index contributed by atoms with van der Waals surface area (Å²) >= 11 is 0. The van der Waals surface area contributed by atoms with E-state index in [1.165, 1.54) is 27.4 Å². The highest BCUT2D eigenvalue weighted by Crippen LogP contribution is 2.38. The Hall–Kier alpha value is -3.35. The van der Waals surface area contributed by atoms with Gasteiger partial charge in [0.1, 0.15) is 24.7 Å². The maximum Gasteiger partial charge on any atom is 0.330 e. The third kappa shape index (κ3) is 6.64. The van der Waals surface area contributed by atoms with E-state index < -0.39 is 5.97 Å². The number of benzene rings is 2. The van der Waals surface area contributed by atoms with Gasteiger partial charge < -0.3 is 28.4 Å². The number of esters is 1. The topological polar surface area (TPSA) is 72.5 Å². The Morgan fingerprint density at radius 3 is 1.97 bits per heavy atom. The lowest BCUT2D eigenvalue weighted by Gasteiger charge is -2.12. The fraction of sp³-hybridized carbons (Fsp3) is 0.318. The third-order valence-electron chi connectivity index (χ3n) is 3.83. The Morgan fingerprint density at radius 2 is 1.45 bits per heavy atom. The molecule has 2 aromatic carbocycles. The van der Waals surface area contributed by atoms with E-state index in [9.17, 15) is 4.79 Å². The molecular weight excluding hydrogens is 376 g/mol. The molecule has 0 N–H and O–H groups in total. The van der Waals surface area contributed by atoms with Crippen LogP contribution in [0.25, 0.3) is 6.08 Å². The molecule has 7 heteroatoms.